The lowest BCUT2D eigenvalue weighted by Crippen LogP contribution is -2.50. The van der Waals surface area contributed by atoms with E-state index >= 15 is 0 Å². The second-order valence-corrected chi connectivity index (χ2v) is 6.51. The maximum absolute atomic E-state index is 12.7. The normalized spacial score (nSPS) is 22.3. The molecule has 2 saturated heterocycles. The Balaban J connectivity index is 1.58. The number of amides is 1. The molecule has 126 valence electrons. The lowest BCUT2D eigenvalue weighted by Gasteiger charge is -2.35. The smallest absolute Gasteiger partial charge is 0.257 e. The van der Waals surface area contributed by atoms with E-state index in [2.05, 4.69) is 4.90 Å². The highest BCUT2D eigenvalue weighted by Crippen LogP contribution is 2.24. The molecule has 0 aromatic heterocycles. The van der Waals surface area contributed by atoms with Crippen molar-refractivity contribution in [2.75, 3.05) is 46.4 Å². The molecule has 0 N–H and O–H groups in total. The highest BCUT2D eigenvalue weighted by atomic mass is 35.5. The maximum Gasteiger partial charge on any atom is 0.257 e. The molecule has 23 heavy (non-hydrogen) atoms. The van der Waals surface area contributed by atoms with Gasteiger partial charge in [-0.15, -0.1) is 0 Å². The largest absolute Gasteiger partial charge is 0.496 e. The minimum absolute atomic E-state index is 0.0129. The van der Waals surface area contributed by atoms with Gasteiger partial charge < -0.3 is 14.4 Å². The van der Waals surface area contributed by atoms with Gasteiger partial charge in [-0.3, -0.25) is 9.69 Å². The molecule has 2 heterocycles. The summed E-state index contributed by atoms with van der Waals surface area (Å²) in [5.74, 6) is 0.558. The van der Waals surface area contributed by atoms with Gasteiger partial charge in [0, 0.05) is 44.4 Å². The van der Waals surface area contributed by atoms with Crippen molar-refractivity contribution in [3.8, 4) is 5.75 Å². The summed E-state index contributed by atoms with van der Waals surface area (Å²) in [6.45, 7) is 5.07. The van der Waals surface area contributed by atoms with Crippen LogP contribution < -0.4 is 4.74 Å². The van der Waals surface area contributed by atoms with E-state index in [1.165, 1.54) is 0 Å². The summed E-state index contributed by atoms with van der Waals surface area (Å²) >= 11 is 6.03. The van der Waals surface area contributed by atoms with Crippen LogP contribution in [0.25, 0.3) is 0 Å². The highest BCUT2D eigenvalue weighted by Gasteiger charge is 2.26. The van der Waals surface area contributed by atoms with Gasteiger partial charge in [-0.2, -0.15) is 0 Å². The zero-order chi connectivity index (χ0) is 16.2. The van der Waals surface area contributed by atoms with Crippen molar-refractivity contribution in [3.05, 3.63) is 28.8 Å². The maximum atomic E-state index is 12.7. The quantitative estimate of drug-likeness (QED) is 0.844. The van der Waals surface area contributed by atoms with Crippen molar-refractivity contribution < 1.29 is 14.3 Å². The van der Waals surface area contributed by atoms with Crippen molar-refractivity contribution in [3.63, 3.8) is 0 Å². The first-order valence-electron chi connectivity index (χ1n) is 8.14. The lowest BCUT2D eigenvalue weighted by atomic mass is 10.1. The van der Waals surface area contributed by atoms with Gasteiger partial charge in [0.1, 0.15) is 5.75 Å². The fourth-order valence-electron chi connectivity index (χ4n) is 3.23. The first-order valence-corrected chi connectivity index (χ1v) is 8.52. The SMILES string of the molecule is COc1ccc(Cl)cc1C(=O)N1CCN(CC2CCCO2)CC1. The topological polar surface area (TPSA) is 42.0 Å². The number of benzene rings is 1. The molecule has 5 nitrogen and oxygen atoms in total. The van der Waals surface area contributed by atoms with Crippen LogP contribution in [0.4, 0.5) is 0 Å². The van der Waals surface area contributed by atoms with Crippen LogP contribution in [0.2, 0.25) is 5.02 Å². The molecule has 0 spiro atoms. The summed E-state index contributed by atoms with van der Waals surface area (Å²) in [7, 11) is 1.57. The Morgan fingerprint density at radius 3 is 2.78 bits per heavy atom. The van der Waals surface area contributed by atoms with Gasteiger partial charge in [0.2, 0.25) is 0 Å². The number of halogens is 1. The molecule has 0 aliphatic carbocycles. The van der Waals surface area contributed by atoms with Crippen LogP contribution in [-0.2, 0) is 4.74 Å². The fourth-order valence-corrected chi connectivity index (χ4v) is 3.40. The predicted molar refractivity (Wildman–Crippen MR) is 89.3 cm³/mol. The Kier molecular flexibility index (Phi) is 5.41. The van der Waals surface area contributed by atoms with Crippen LogP contribution in [0.5, 0.6) is 5.75 Å². The monoisotopic (exact) mass is 338 g/mol. The highest BCUT2D eigenvalue weighted by molar-refractivity contribution is 6.31. The van der Waals surface area contributed by atoms with Crippen LogP contribution in [-0.4, -0.2) is 68.3 Å². The summed E-state index contributed by atoms with van der Waals surface area (Å²) in [5.41, 5.74) is 0.535. The Hall–Kier alpha value is -1.30. The first-order chi connectivity index (χ1) is 11.2. The van der Waals surface area contributed by atoms with Gasteiger partial charge in [0.05, 0.1) is 18.8 Å². The summed E-state index contributed by atoms with van der Waals surface area (Å²) < 4.78 is 11.0. The molecule has 1 atom stereocenters. The molecule has 1 aromatic rings. The minimum atomic E-state index is -0.0129. The molecule has 6 heteroatoms. The fraction of sp³-hybridized carbons (Fsp3) is 0.588. The average Bonchev–Trinajstić information content (AvgIpc) is 3.08. The van der Waals surface area contributed by atoms with E-state index < -0.39 is 0 Å². The van der Waals surface area contributed by atoms with E-state index in [1.54, 1.807) is 25.3 Å². The molecule has 1 aromatic carbocycles. The number of nitrogens with zero attached hydrogens (tertiary/aromatic N) is 2. The second kappa shape index (κ2) is 7.51. The number of piperazine rings is 1. The molecular formula is C17H23ClN2O3. The molecular weight excluding hydrogens is 316 g/mol. The lowest BCUT2D eigenvalue weighted by molar-refractivity contribution is 0.0431. The standard InChI is InChI=1S/C17H23ClN2O3/c1-22-16-5-4-13(18)11-15(16)17(21)20-8-6-19(7-9-20)12-14-3-2-10-23-14/h4-5,11,14H,2-3,6-10,12H2,1H3. The molecule has 3 rings (SSSR count). The third kappa shape index (κ3) is 3.97. The zero-order valence-corrected chi connectivity index (χ0v) is 14.2. The van der Waals surface area contributed by atoms with Gasteiger partial charge in [0.15, 0.2) is 0 Å². The van der Waals surface area contributed by atoms with Crippen molar-refractivity contribution in [2.45, 2.75) is 18.9 Å². The number of hydrogen-bond acceptors (Lipinski definition) is 4. The van der Waals surface area contributed by atoms with E-state index in [9.17, 15) is 4.79 Å². The predicted octanol–water partition coefficient (Wildman–Crippen LogP) is 2.29. The Bertz CT molecular complexity index is 553. The second-order valence-electron chi connectivity index (χ2n) is 6.07. The summed E-state index contributed by atoms with van der Waals surface area (Å²) in [5, 5.41) is 0.547. The summed E-state index contributed by atoms with van der Waals surface area (Å²) in [6, 6.07) is 5.15. The molecule has 0 saturated carbocycles. The van der Waals surface area contributed by atoms with Crippen molar-refractivity contribution in [1.29, 1.82) is 0 Å². The van der Waals surface area contributed by atoms with Crippen LogP contribution in [0, 0.1) is 0 Å². The number of rotatable bonds is 4. The van der Waals surface area contributed by atoms with E-state index in [1.807, 2.05) is 4.90 Å². The number of ether oxygens (including phenoxy) is 2. The van der Waals surface area contributed by atoms with Gasteiger partial charge in [-0.05, 0) is 31.0 Å². The molecule has 2 fully saturated rings. The minimum Gasteiger partial charge on any atom is -0.496 e. The van der Waals surface area contributed by atoms with Gasteiger partial charge >= 0.3 is 0 Å². The van der Waals surface area contributed by atoms with Crippen molar-refractivity contribution in [1.82, 2.24) is 9.80 Å². The number of carbonyl (C=O) groups is 1. The van der Waals surface area contributed by atoms with Crippen LogP contribution in [0.15, 0.2) is 18.2 Å². The van der Waals surface area contributed by atoms with E-state index in [-0.39, 0.29) is 5.91 Å². The molecule has 0 bridgehead atoms. The molecule has 1 amide bonds. The Morgan fingerprint density at radius 2 is 2.13 bits per heavy atom. The molecule has 2 aliphatic heterocycles. The molecule has 0 radical (unpaired) electrons. The van der Waals surface area contributed by atoms with E-state index in [4.69, 9.17) is 21.1 Å². The number of methoxy groups -OCH3 is 1. The number of carbonyl (C=O) groups excluding carboxylic acids is 1. The third-order valence-corrected chi connectivity index (χ3v) is 4.77. The number of hydrogen-bond donors (Lipinski definition) is 0. The molecule has 1 unspecified atom stereocenters. The van der Waals surface area contributed by atoms with Gasteiger partial charge in [-0.25, -0.2) is 0 Å². The Morgan fingerprint density at radius 1 is 1.35 bits per heavy atom. The van der Waals surface area contributed by atoms with Gasteiger partial charge in [0.25, 0.3) is 5.91 Å². The van der Waals surface area contributed by atoms with Crippen molar-refractivity contribution in [2.24, 2.45) is 0 Å². The van der Waals surface area contributed by atoms with Gasteiger partial charge in [-0.1, -0.05) is 11.6 Å². The van der Waals surface area contributed by atoms with Crippen molar-refractivity contribution >= 4 is 17.5 Å². The third-order valence-electron chi connectivity index (χ3n) is 4.54. The average molecular weight is 339 g/mol. The summed E-state index contributed by atoms with van der Waals surface area (Å²) in [4.78, 5) is 17.0. The summed E-state index contributed by atoms with van der Waals surface area (Å²) in [6.07, 6.45) is 2.68. The van der Waals surface area contributed by atoms with Crippen LogP contribution in [0.1, 0.15) is 23.2 Å². The molecule has 2 aliphatic rings. The van der Waals surface area contributed by atoms with Crippen LogP contribution >= 0.6 is 11.6 Å². The first kappa shape index (κ1) is 16.6. The Labute approximate surface area is 142 Å². The van der Waals surface area contributed by atoms with Crippen LogP contribution in [0.3, 0.4) is 0 Å². The van der Waals surface area contributed by atoms with E-state index in [0.29, 0.717) is 22.4 Å². The zero-order valence-electron chi connectivity index (χ0n) is 13.5. The van der Waals surface area contributed by atoms with E-state index in [0.717, 1.165) is 52.2 Å².